The first-order chi connectivity index (χ1) is 9.10. The molecule has 0 bridgehead atoms. The number of alkyl halides is 4. The minimum Gasteiger partial charge on any atom is -0.392 e. The lowest BCUT2D eigenvalue weighted by Crippen LogP contribution is -2.41. The van der Waals surface area contributed by atoms with Crippen LogP contribution >= 0.6 is 0 Å². The Morgan fingerprint density at radius 1 is 1.30 bits per heavy atom. The van der Waals surface area contributed by atoms with Crippen molar-refractivity contribution in [3.63, 3.8) is 0 Å². The molecule has 0 amide bonds. The van der Waals surface area contributed by atoms with Crippen LogP contribution in [0.3, 0.4) is 0 Å². The molecule has 114 valence electrons. The Morgan fingerprint density at radius 2 is 1.90 bits per heavy atom. The van der Waals surface area contributed by atoms with Gasteiger partial charge in [0.05, 0.1) is 18.0 Å². The molecule has 4 nitrogen and oxygen atoms in total. The lowest BCUT2D eigenvalue weighted by Gasteiger charge is -2.16. The quantitative estimate of drug-likeness (QED) is 0.781. The van der Waals surface area contributed by atoms with Gasteiger partial charge in [0.25, 0.3) is 0 Å². The van der Waals surface area contributed by atoms with Crippen LogP contribution in [-0.2, 0) is 16.6 Å². The summed E-state index contributed by atoms with van der Waals surface area (Å²) in [5, 5.41) is 8.77. The summed E-state index contributed by atoms with van der Waals surface area (Å²) in [4.78, 5) is -0.618. The van der Waals surface area contributed by atoms with E-state index in [0.29, 0.717) is 6.07 Å². The topological polar surface area (TPSA) is 66.4 Å². The molecule has 0 radical (unpaired) electrons. The molecule has 1 aromatic carbocycles. The predicted molar refractivity (Wildman–Crippen MR) is 58.5 cm³/mol. The largest absolute Gasteiger partial charge is 0.392 e. The summed E-state index contributed by atoms with van der Waals surface area (Å²) in [6.45, 7) is -2.60. The number of rotatable bonds is 6. The van der Waals surface area contributed by atoms with Gasteiger partial charge in [-0.2, -0.15) is 8.78 Å². The van der Waals surface area contributed by atoms with Crippen LogP contribution in [0.2, 0.25) is 0 Å². The van der Waals surface area contributed by atoms with Crippen molar-refractivity contribution >= 4 is 10.0 Å². The molecule has 1 rings (SSSR count). The standard InChI is InChI=1S/C10H10F5NO3S/c11-8-2-1-7(3-6(8)4-17)20(18,19)16-5-10(14,15)9(12)13/h1-3,9,16-17H,4-5H2. The summed E-state index contributed by atoms with van der Waals surface area (Å²) in [5.74, 6) is -5.41. The number of aliphatic hydroxyl groups is 1. The van der Waals surface area contributed by atoms with Gasteiger partial charge in [0.2, 0.25) is 10.0 Å². The van der Waals surface area contributed by atoms with Crippen LogP contribution in [0, 0.1) is 5.82 Å². The van der Waals surface area contributed by atoms with E-state index < -0.39 is 46.2 Å². The molecule has 20 heavy (non-hydrogen) atoms. The molecule has 10 heteroatoms. The zero-order valence-corrected chi connectivity index (χ0v) is 10.6. The zero-order valence-electron chi connectivity index (χ0n) is 9.79. The Morgan fingerprint density at radius 3 is 2.40 bits per heavy atom. The summed E-state index contributed by atoms with van der Waals surface area (Å²) < 4.78 is 86.6. The SMILES string of the molecule is O=S(=O)(NCC(F)(F)C(F)F)c1ccc(F)c(CO)c1. The molecule has 0 aliphatic carbocycles. The summed E-state index contributed by atoms with van der Waals surface area (Å²) in [7, 11) is -4.52. The van der Waals surface area contributed by atoms with Gasteiger partial charge in [-0.15, -0.1) is 0 Å². The van der Waals surface area contributed by atoms with E-state index in [4.69, 9.17) is 5.11 Å². The molecule has 0 saturated heterocycles. The average Bonchev–Trinajstić information content (AvgIpc) is 2.37. The fourth-order valence-corrected chi connectivity index (χ4v) is 2.28. The van der Waals surface area contributed by atoms with Crippen LogP contribution in [0.4, 0.5) is 22.0 Å². The highest BCUT2D eigenvalue weighted by molar-refractivity contribution is 7.89. The van der Waals surface area contributed by atoms with Crippen molar-refractivity contribution in [2.45, 2.75) is 23.9 Å². The third kappa shape index (κ3) is 3.87. The summed E-state index contributed by atoms with van der Waals surface area (Å²) in [6.07, 6.45) is -4.02. The van der Waals surface area contributed by atoms with E-state index in [9.17, 15) is 30.4 Å². The molecule has 0 heterocycles. The lowest BCUT2D eigenvalue weighted by atomic mass is 10.2. The third-order valence-electron chi connectivity index (χ3n) is 2.31. The summed E-state index contributed by atoms with van der Waals surface area (Å²) >= 11 is 0. The molecular formula is C10H10F5NO3S. The Balaban J connectivity index is 2.95. The molecule has 0 spiro atoms. The fourth-order valence-electron chi connectivity index (χ4n) is 1.19. The van der Waals surface area contributed by atoms with Gasteiger partial charge >= 0.3 is 12.3 Å². The van der Waals surface area contributed by atoms with Crippen LogP contribution < -0.4 is 4.72 Å². The fraction of sp³-hybridized carbons (Fsp3) is 0.400. The van der Waals surface area contributed by atoms with Gasteiger partial charge in [0.1, 0.15) is 5.82 Å². The first-order valence-corrected chi connectivity index (χ1v) is 6.63. The maximum Gasteiger partial charge on any atom is 0.320 e. The van der Waals surface area contributed by atoms with Crippen molar-refractivity contribution in [3.8, 4) is 0 Å². The van der Waals surface area contributed by atoms with Crippen LogP contribution in [0.25, 0.3) is 0 Å². The van der Waals surface area contributed by atoms with Crippen LogP contribution in [0.5, 0.6) is 0 Å². The van der Waals surface area contributed by atoms with Crippen molar-refractivity contribution in [2.24, 2.45) is 0 Å². The molecule has 0 aliphatic rings. The van der Waals surface area contributed by atoms with E-state index >= 15 is 0 Å². The highest BCUT2D eigenvalue weighted by Crippen LogP contribution is 2.23. The van der Waals surface area contributed by atoms with Gasteiger partial charge < -0.3 is 5.11 Å². The van der Waals surface area contributed by atoms with Crippen molar-refractivity contribution in [3.05, 3.63) is 29.6 Å². The minimum absolute atomic E-state index is 0.367. The van der Waals surface area contributed by atoms with Gasteiger partial charge in [-0.05, 0) is 18.2 Å². The Kier molecular flexibility index (Phi) is 5.05. The van der Waals surface area contributed by atoms with Crippen molar-refractivity contribution < 1.29 is 35.5 Å². The van der Waals surface area contributed by atoms with Crippen molar-refractivity contribution in [1.82, 2.24) is 4.72 Å². The maximum atomic E-state index is 13.0. The molecule has 0 aliphatic heterocycles. The number of hydrogen-bond donors (Lipinski definition) is 2. The van der Waals surface area contributed by atoms with Gasteiger partial charge in [-0.25, -0.2) is 26.3 Å². The molecule has 0 aromatic heterocycles. The first kappa shape index (κ1) is 16.8. The number of nitrogens with one attached hydrogen (secondary N) is 1. The summed E-state index contributed by atoms with van der Waals surface area (Å²) in [5.41, 5.74) is -0.367. The van der Waals surface area contributed by atoms with E-state index in [1.165, 1.54) is 4.72 Å². The van der Waals surface area contributed by atoms with E-state index in [0.717, 1.165) is 12.1 Å². The van der Waals surface area contributed by atoms with Crippen LogP contribution in [0.1, 0.15) is 5.56 Å². The number of halogens is 5. The van der Waals surface area contributed by atoms with E-state index in [2.05, 4.69) is 0 Å². The first-order valence-electron chi connectivity index (χ1n) is 5.15. The van der Waals surface area contributed by atoms with E-state index in [-0.39, 0.29) is 5.56 Å². The van der Waals surface area contributed by atoms with Crippen molar-refractivity contribution in [1.29, 1.82) is 0 Å². The molecule has 2 N–H and O–H groups in total. The number of hydrogen-bond acceptors (Lipinski definition) is 3. The second-order valence-corrected chi connectivity index (χ2v) is 5.56. The minimum atomic E-state index is -4.52. The molecular weight excluding hydrogens is 309 g/mol. The van der Waals surface area contributed by atoms with Crippen LogP contribution in [0.15, 0.2) is 23.1 Å². The Bertz CT molecular complexity index is 576. The van der Waals surface area contributed by atoms with Gasteiger partial charge in [0.15, 0.2) is 0 Å². The smallest absolute Gasteiger partial charge is 0.320 e. The highest BCUT2D eigenvalue weighted by atomic mass is 32.2. The molecule has 0 saturated carbocycles. The highest BCUT2D eigenvalue weighted by Gasteiger charge is 2.41. The van der Waals surface area contributed by atoms with Gasteiger partial charge in [0, 0.05) is 5.56 Å². The third-order valence-corrected chi connectivity index (χ3v) is 3.71. The predicted octanol–water partition coefficient (Wildman–Crippen LogP) is 1.50. The normalized spacial score (nSPS) is 12.9. The molecule has 0 atom stereocenters. The second kappa shape index (κ2) is 6.02. The summed E-state index contributed by atoms with van der Waals surface area (Å²) in [6, 6.07) is 2.20. The monoisotopic (exact) mass is 319 g/mol. The van der Waals surface area contributed by atoms with E-state index in [1.54, 1.807) is 0 Å². The Labute approximate surface area is 111 Å². The molecule has 1 aromatic rings. The van der Waals surface area contributed by atoms with Crippen molar-refractivity contribution in [2.75, 3.05) is 6.54 Å². The molecule has 0 unspecified atom stereocenters. The zero-order chi connectivity index (χ0) is 15.6. The average molecular weight is 319 g/mol. The number of benzene rings is 1. The second-order valence-electron chi connectivity index (χ2n) is 3.80. The van der Waals surface area contributed by atoms with E-state index in [1.807, 2.05) is 0 Å². The number of sulfonamides is 1. The van der Waals surface area contributed by atoms with Gasteiger partial charge in [-0.3, -0.25) is 0 Å². The Hall–Kier alpha value is -1.26. The lowest BCUT2D eigenvalue weighted by molar-refractivity contribution is -0.122. The van der Waals surface area contributed by atoms with Crippen LogP contribution in [-0.4, -0.2) is 32.4 Å². The maximum absolute atomic E-state index is 13.0. The van der Waals surface area contributed by atoms with Gasteiger partial charge in [-0.1, -0.05) is 0 Å². The number of aliphatic hydroxyl groups excluding tert-OH is 1. The molecule has 0 fully saturated rings.